The van der Waals surface area contributed by atoms with E-state index in [0.29, 0.717) is 32.7 Å². The monoisotopic (exact) mass is 465 g/mol. The highest BCUT2D eigenvalue weighted by Crippen LogP contribution is 2.26. The predicted molar refractivity (Wildman–Crippen MR) is 126 cm³/mol. The van der Waals surface area contributed by atoms with Gasteiger partial charge in [0.2, 0.25) is 0 Å². The van der Waals surface area contributed by atoms with Crippen molar-refractivity contribution in [2.24, 2.45) is 0 Å². The van der Waals surface area contributed by atoms with Crippen molar-refractivity contribution >= 4 is 52.5 Å². The van der Waals surface area contributed by atoms with Crippen LogP contribution in [0.4, 0.5) is 11.4 Å². The molecule has 0 saturated heterocycles. The van der Waals surface area contributed by atoms with Crippen LogP contribution in [0.2, 0.25) is 10.0 Å². The first-order valence-corrected chi connectivity index (χ1v) is 10.2. The maximum atomic E-state index is 12.5. The van der Waals surface area contributed by atoms with Crippen molar-refractivity contribution in [1.82, 2.24) is 0 Å². The summed E-state index contributed by atoms with van der Waals surface area (Å²) < 4.78 is 5.61. The van der Waals surface area contributed by atoms with Crippen LogP contribution in [0.1, 0.15) is 5.56 Å². The summed E-state index contributed by atoms with van der Waals surface area (Å²) in [7, 11) is 0. The lowest BCUT2D eigenvalue weighted by atomic mass is 10.1. The molecule has 0 saturated carbocycles. The highest BCUT2D eigenvalue weighted by atomic mass is 35.5. The number of ether oxygens (including phenoxy) is 1. The summed E-state index contributed by atoms with van der Waals surface area (Å²) in [5, 5.41) is 15.7. The number of nitriles is 1. The molecule has 32 heavy (non-hydrogen) atoms. The average molecular weight is 466 g/mol. The number of anilines is 2. The van der Waals surface area contributed by atoms with Gasteiger partial charge in [-0.15, -0.1) is 0 Å². The Morgan fingerprint density at radius 3 is 2.25 bits per heavy atom. The number of para-hydroxylation sites is 1. The Labute approximate surface area is 195 Å². The number of nitrogens with one attached hydrogen (secondary N) is 2. The van der Waals surface area contributed by atoms with Gasteiger partial charge in [-0.1, -0.05) is 41.4 Å². The van der Waals surface area contributed by atoms with Crippen LogP contribution in [0.5, 0.6) is 5.75 Å². The van der Waals surface area contributed by atoms with E-state index in [1.165, 1.54) is 6.08 Å². The van der Waals surface area contributed by atoms with Crippen molar-refractivity contribution in [2.75, 3.05) is 17.2 Å². The van der Waals surface area contributed by atoms with E-state index in [-0.39, 0.29) is 18.1 Å². The third-order valence-electron chi connectivity index (χ3n) is 4.16. The molecule has 0 spiro atoms. The third kappa shape index (κ3) is 6.61. The molecular weight excluding hydrogens is 449 g/mol. The Balaban J connectivity index is 1.74. The molecule has 6 nitrogen and oxygen atoms in total. The summed E-state index contributed by atoms with van der Waals surface area (Å²) in [5.41, 5.74) is 1.34. The van der Waals surface area contributed by atoms with E-state index >= 15 is 0 Å². The zero-order valence-corrected chi connectivity index (χ0v) is 18.2. The Morgan fingerprint density at radius 2 is 1.56 bits per heavy atom. The van der Waals surface area contributed by atoms with Crippen LogP contribution in [0.3, 0.4) is 0 Å². The van der Waals surface area contributed by atoms with Crippen LogP contribution < -0.4 is 15.4 Å². The van der Waals surface area contributed by atoms with Gasteiger partial charge in [-0.3, -0.25) is 9.59 Å². The highest BCUT2D eigenvalue weighted by Gasteiger charge is 2.13. The van der Waals surface area contributed by atoms with Gasteiger partial charge in [-0.25, -0.2) is 0 Å². The predicted octanol–water partition coefficient (Wildman–Crippen LogP) is 5.56. The normalized spacial score (nSPS) is 10.7. The van der Waals surface area contributed by atoms with Gasteiger partial charge in [-0.2, -0.15) is 5.26 Å². The lowest BCUT2D eigenvalue weighted by Crippen LogP contribution is -2.20. The van der Waals surface area contributed by atoms with Gasteiger partial charge in [0.15, 0.2) is 6.61 Å². The van der Waals surface area contributed by atoms with E-state index in [4.69, 9.17) is 27.9 Å². The second kappa shape index (κ2) is 11.0. The fourth-order valence-corrected chi connectivity index (χ4v) is 2.97. The van der Waals surface area contributed by atoms with Gasteiger partial charge >= 0.3 is 0 Å². The molecule has 8 heteroatoms. The maximum Gasteiger partial charge on any atom is 0.266 e. The first kappa shape index (κ1) is 22.9. The Kier molecular flexibility index (Phi) is 7.87. The van der Waals surface area contributed by atoms with Gasteiger partial charge in [0.05, 0.1) is 0 Å². The lowest BCUT2D eigenvalue weighted by molar-refractivity contribution is -0.118. The number of rotatable bonds is 7. The van der Waals surface area contributed by atoms with Crippen LogP contribution in [0.15, 0.2) is 78.4 Å². The second-order valence-corrected chi connectivity index (χ2v) is 7.39. The molecule has 0 aliphatic carbocycles. The van der Waals surface area contributed by atoms with Crippen molar-refractivity contribution in [3.63, 3.8) is 0 Å². The smallest absolute Gasteiger partial charge is 0.266 e. The first-order valence-electron chi connectivity index (χ1n) is 9.40. The van der Waals surface area contributed by atoms with Crippen molar-refractivity contribution in [2.45, 2.75) is 0 Å². The van der Waals surface area contributed by atoms with E-state index in [2.05, 4.69) is 10.6 Å². The van der Waals surface area contributed by atoms with Gasteiger partial charge in [0, 0.05) is 27.0 Å². The van der Waals surface area contributed by atoms with E-state index in [1.807, 2.05) is 12.1 Å². The molecule has 0 atom stereocenters. The maximum absolute atomic E-state index is 12.5. The van der Waals surface area contributed by atoms with Crippen molar-refractivity contribution in [3.05, 3.63) is 94.0 Å². The summed E-state index contributed by atoms with van der Waals surface area (Å²) >= 11 is 11.9. The Bertz CT molecular complexity index is 1190. The molecule has 160 valence electrons. The number of hydrogen-bond donors (Lipinski definition) is 2. The molecule has 0 unspecified atom stereocenters. The fraction of sp³-hybridized carbons (Fsp3) is 0.0417. The molecule has 0 aliphatic heterocycles. The summed E-state index contributed by atoms with van der Waals surface area (Å²) in [5.74, 6) is -0.672. The second-order valence-electron chi connectivity index (χ2n) is 6.52. The minimum Gasteiger partial charge on any atom is -0.483 e. The van der Waals surface area contributed by atoms with E-state index in [9.17, 15) is 14.9 Å². The molecule has 0 aliphatic rings. The molecular formula is C24H17Cl2N3O3. The van der Waals surface area contributed by atoms with Gasteiger partial charge in [0.1, 0.15) is 17.4 Å². The number of halogens is 2. The van der Waals surface area contributed by atoms with E-state index in [1.54, 1.807) is 66.7 Å². The molecule has 2 N–H and O–H groups in total. The minimum atomic E-state index is -0.609. The van der Waals surface area contributed by atoms with Crippen molar-refractivity contribution in [1.29, 1.82) is 5.26 Å². The first-order chi connectivity index (χ1) is 15.4. The summed E-state index contributed by atoms with van der Waals surface area (Å²) in [6.45, 7) is -0.268. The standard InChI is InChI=1S/C24H17Cl2N3O3/c25-18-6-9-21(10-7-18)29-24(31)17(14-27)12-16-13-19(26)8-11-22(16)32-15-23(30)28-20-4-2-1-3-5-20/h1-13H,15H2,(H,28,30)(H,29,31)/b17-12+. The van der Waals surface area contributed by atoms with E-state index < -0.39 is 5.91 Å². The molecule has 0 bridgehead atoms. The van der Waals surface area contributed by atoms with E-state index in [0.717, 1.165) is 0 Å². The van der Waals surface area contributed by atoms with Crippen LogP contribution in [-0.4, -0.2) is 18.4 Å². The zero-order valence-electron chi connectivity index (χ0n) is 16.6. The van der Waals surface area contributed by atoms with Crippen molar-refractivity contribution < 1.29 is 14.3 Å². The molecule has 0 fully saturated rings. The number of carbonyl (C=O) groups is 2. The Morgan fingerprint density at radius 1 is 0.906 bits per heavy atom. The molecule has 0 heterocycles. The number of amides is 2. The van der Waals surface area contributed by atoms with Crippen LogP contribution in [-0.2, 0) is 9.59 Å². The molecule has 3 rings (SSSR count). The lowest BCUT2D eigenvalue weighted by Gasteiger charge is -2.11. The topological polar surface area (TPSA) is 91.2 Å². The fourth-order valence-electron chi connectivity index (χ4n) is 2.66. The summed E-state index contributed by atoms with van der Waals surface area (Å²) in [6, 6.07) is 22.0. The molecule has 0 radical (unpaired) electrons. The zero-order chi connectivity index (χ0) is 22.9. The third-order valence-corrected chi connectivity index (χ3v) is 4.64. The van der Waals surface area contributed by atoms with Crippen molar-refractivity contribution in [3.8, 4) is 11.8 Å². The quantitative estimate of drug-likeness (QED) is 0.353. The summed E-state index contributed by atoms with van der Waals surface area (Å²) in [4.78, 5) is 24.7. The van der Waals surface area contributed by atoms with Gasteiger partial charge in [0.25, 0.3) is 11.8 Å². The van der Waals surface area contributed by atoms with Crippen LogP contribution in [0, 0.1) is 11.3 Å². The number of nitrogens with zero attached hydrogens (tertiary/aromatic N) is 1. The molecule has 3 aromatic carbocycles. The SMILES string of the molecule is N#C/C(=C\c1cc(Cl)ccc1OCC(=O)Nc1ccccc1)C(=O)Nc1ccc(Cl)cc1. The highest BCUT2D eigenvalue weighted by molar-refractivity contribution is 6.31. The number of benzene rings is 3. The van der Waals surface area contributed by atoms with Crippen LogP contribution >= 0.6 is 23.2 Å². The van der Waals surface area contributed by atoms with Gasteiger partial charge < -0.3 is 15.4 Å². The number of carbonyl (C=O) groups excluding carboxylic acids is 2. The van der Waals surface area contributed by atoms with Crippen LogP contribution in [0.25, 0.3) is 6.08 Å². The minimum absolute atomic E-state index is 0.166. The number of hydrogen-bond acceptors (Lipinski definition) is 4. The molecule has 3 aromatic rings. The molecule has 2 amide bonds. The van der Waals surface area contributed by atoms with Gasteiger partial charge in [-0.05, 0) is 60.7 Å². The average Bonchev–Trinajstić information content (AvgIpc) is 2.79. The molecule has 0 aromatic heterocycles. The summed E-state index contributed by atoms with van der Waals surface area (Å²) in [6.07, 6.45) is 1.35. The largest absolute Gasteiger partial charge is 0.483 e. The Hall–Kier alpha value is -3.79.